The quantitative estimate of drug-likeness (QED) is 0.624. The lowest BCUT2D eigenvalue weighted by molar-refractivity contribution is 0.174. The second kappa shape index (κ2) is 3.64. The number of nitrogens with zero attached hydrogens (tertiary/aromatic N) is 1. The van der Waals surface area contributed by atoms with Gasteiger partial charge in [0.1, 0.15) is 0 Å². The van der Waals surface area contributed by atoms with Gasteiger partial charge < -0.3 is 4.90 Å². The number of hydrogen-bond acceptors (Lipinski definition) is 1. The number of likely N-dealkylation sites (N-methyl/N-ethyl adjacent to an activating group) is 1. The molecule has 0 aromatic heterocycles. The summed E-state index contributed by atoms with van der Waals surface area (Å²) in [6, 6.07) is 9.06. The molecule has 1 saturated heterocycles. The zero-order valence-corrected chi connectivity index (χ0v) is 9.45. The largest absolute Gasteiger partial charge is 0.306 e. The molecule has 2 unspecified atom stereocenters. The van der Waals surface area contributed by atoms with Gasteiger partial charge in [-0.2, -0.15) is 0 Å². The zero-order valence-electron chi connectivity index (χ0n) is 9.45. The molecular formula is C14H19N. The molecule has 1 nitrogen and oxygen atoms in total. The second-order valence-corrected chi connectivity index (χ2v) is 5.15. The van der Waals surface area contributed by atoms with Crippen LogP contribution in [0.2, 0.25) is 0 Å². The van der Waals surface area contributed by atoms with Gasteiger partial charge in [0.15, 0.2) is 0 Å². The first-order valence-corrected chi connectivity index (χ1v) is 6.11. The number of aryl methyl sites for hydroxylation is 1. The summed E-state index contributed by atoms with van der Waals surface area (Å²) in [6.07, 6.45) is 4.12. The van der Waals surface area contributed by atoms with E-state index in [2.05, 4.69) is 36.2 Å². The molecule has 0 bridgehead atoms. The Morgan fingerprint density at radius 1 is 1.20 bits per heavy atom. The number of benzene rings is 1. The summed E-state index contributed by atoms with van der Waals surface area (Å²) in [6.45, 7) is 2.56. The lowest BCUT2D eigenvalue weighted by atomic mass is 9.72. The van der Waals surface area contributed by atoms with Gasteiger partial charge in [0, 0.05) is 6.54 Å². The zero-order chi connectivity index (χ0) is 10.3. The first-order valence-electron chi connectivity index (χ1n) is 6.11. The Morgan fingerprint density at radius 2 is 2.07 bits per heavy atom. The molecule has 2 atom stereocenters. The molecule has 1 aromatic carbocycles. The van der Waals surface area contributed by atoms with E-state index in [-0.39, 0.29) is 0 Å². The van der Waals surface area contributed by atoms with Crippen molar-refractivity contribution in [2.24, 2.45) is 5.92 Å². The van der Waals surface area contributed by atoms with Gasteiger partial charge in [0.05, 0.1) is 0 Å². The fourth-order valence-electron chi connectivity index (χ4n) is 3.33. The predicted octanol–water partition coefficient (Wildman–Crippen LogP) is 2.67. The maximum absolute atomic E-state index is 2.49. The van der Waals surface area contributed by atoms with Crippen LogP contribution in [0.25, 0.3) is 0 Å². The Labute approximate surface area is 92.1 Å². The highest BCUT2D eigenvalue weighted by Crippen LogP contribution is 2.40. The van der Waals surface area contributed by atoms with Crippen LogP contribution in [0.5, 0.6) is 0 Å². The van der Waals surface area contributed by atoms with E-state index in [9.17, 15) is 0 Å². The van der Waals surface area contributed by atoms with Crippen LogP contribution in [0.3, 0.4) is 0 Å². The van der Waals surface area contributed by atoms with E-state index < -0.39 is 0 Å². The highest BCUT2D eigenvalue weighted by molar-refractivity contribution is 5.34. The minimum Gasteiger partial charge on any atom is -0.306 e. The minimum atomic E-state index is 0.814. The summed E-state index contributed by atoms with van der Waals surface area (Å²) < 4.78 is 0. The van der Waals surface area contributed by atoms with Gasteiger partial charge in [-0.3, -0.25) is 0 Å². The highest BCUT2D eigenvalue weighted by Gasteiger charge is 2.32. The Hall–Kier alpha value is -0.820. The molecule has 1 aliphatic carbocycles. The van der Waals surface area contributed by atoms with Gasteiger partial charge in [0.2, 0.25) is 0 Å². The van der Waals surface area contributed by atoms with Crippen LogP contribution in [0, 0.1) is 5.92 Å². The lowest BCUT2D eigenvalue weighted by Crippen LogP contribution is -2.38. The van der Waals surface area contributed by atoms with Crippen molar-refractivity contribution < 1.29 is 0 Å². The third-order valence-electron chi connectivity index (χ3n) is 4.20. The van der Waals surface area contributed by atoms with Crippen molar-refractivity contribution in [1.29, 1.82) is 0 Å². The molecule has 0 N–H and O–H groups in total. The van der Waals surface area contributed by atoms with Crippen LogP contribution in [0.1, 0.15) is 29.9 Å². The molecule has 1 fully saturated rings. The molecule has 0 radical (unpaired) electrons. The van der Waals surface area contributed by atoms with E-state index in [0.29, 0.717) is 0 Å². The minimum absolute atomic E-state index is 0.814. The summed E-state index contributed by atoms with van der Waals surface area (Å²) >= 11 is 0. The monoisotopic (exact) mass is 201 g/mol. The molecule has 1 heterocycles. The van der Waals surface area contributed by atoms with Crippen molar-refractivity contribution in [3.05, 3.63) is 35.4 Å². The van der Waals surface area contributed by atoms with Crippen LogP contribution >= 0.6 is 0 Å². The first kappa shape index (κ1) is 9.41. The molecule has 0 amide bonds. The first-order chi connectivity index (χ1) is 7.34. The summed E-state index contributed by atoms with van der Waals surface area (Å²) in [7, 11) is 2.26. The molecule has 1 aliphatic heterocycles. The topological polar surface area (TPSA) is 3.24 Å². The number of likely N-dealkylation sites (tertiary alicyclic amines) is 1. The van der Waals surface area contributed by atoms with Crippen molar-refractivity contribution in [3.63, 3.8) is 0 Å². The fourth-order valence-corrected chi connectivity index (χ4v) is 3.33. The number of fused-ring (bicyclic) bond motifs is 3. The molecule has 15 heavy (non-hydrogen) atoms. The molecule has 0 spiro atoms. The van der Waals surface area contributed by atoms with E-state index in [1.807, 2.05) is 0 Å². The van der Waals surface area contributed by atoms with Crippen LogP contribution in [0.4, 0.5) is 0 Å². The Bertz CT molecular complexity index is 358. The maximum atomic E-state index is 2.49. The maximum Gasteiger partial charge on any atom is 0.00500 e. The number of piperidine rings is 1. The van der Waals surface area contributed by atoms with Gasteiger partial charge in [-0.1, -0.05) is 24.3 Å². The molecule has 1 aromatic rings. The summed E-state index contributed by atoms with van der Waals surface area (Å²) in [4.78, 5) is 2.49. The van der Waals surface area contributed by atoms with Crippen molar-refractivity contribution in [2.45, 2.75) is 25.2 Å². The van der Waals surface area contributed by atoms with Crippen molar-refractivity contribution >= 4 is 0 Å². The van der Waals surface area contributed by atoms with E-state index >= 15 is 0 Å². The molecule has 0 saturated carbocycles. The SMILES string of the molecule is CN1CCC2CCc3ccccc3C2C1. The molecule has 80 valence electrons. The van der Waals surface area contributed by atoms with Crippen LogP contribution < -0.4 is 0 Å². The summed E-state index contributed by atoms with van der Waals surface area (Å²) in [5, 5.41) is 0. The standard InChI is InChI=1S/C14H19N/c1-15-9-8-12-7-6-11-4-2-3-5-13(11)14(12)10-15/h2-5,12,14H,6-10H2,1H3. The summed E-state index contributed by atoms with van der Waals surface area (Å²) in [5.41, 5.74) is 3.24. The smallest absolute Gasteiger partial charge is 0.00500 e. The van der Waals surface area contributed by atoms with E-state index in [1.165, 1.54) is 32.4 Å². The van der Waals surface area contributed by atoms with Gasteiger partial charge in [-0.15, -0.1) is 0 Å². The molecule has 1 heteroatoms. The second-order valence-electron chi connectivity index (χ2n) is 5.15. The average molecular weight is 201 g/mol. The van der Waals surface area contributed by atoms with Gasteiger partial charge in [-0.25, -0.2) is 0 Å². The number of rotatable bonds is 0. The highest BCUT2D eigenvalue weighted by atomic mass is 15.1. The van der Waals surface area contributed by atoms with Gasteiger partial charge in [-0.05, 0) is 55.8 Å². The Balaban J connectivity index is 1.96. The van der Waals surface area contributed by atoms with E-state index in [1.54, 1.807) is 11.1 Å². The Morgan fingerprint density at radius 3 is 3.00 bits per heavy atom. The lowest BCUT2D eigenvalue weighted by Gasteiger charge is -2.41. The van der Waals surface area contributed by atoms with Gasteiger partial charge >= 0.3 is 0 Å². The van der Waals surface area contributed by atoms with Crippen molar-refractivity contribution in [2.75, 3.05) is 20.1 Å². The van der Waals surface area contributed by atoms with Crippen LogP contribution in [0.15, 0.2) is 24.3 Å². The van der Waals surface area contributed by atoms with Gasteiger partial charge in [0.25, 0.3) is 0 Å². The predicted molar refractivity (Wildman–Crippen MR) is 63.1 cm³/mol. The van der Waals surface area contributed by atoms with Crippen molar-refractivity contribution in [3.8, 4) is 0 Å². The Kier molecular flexibility index (Phi) is 2.28. The van der Waals surface area contributed by atoms with Crippen LogP contribution in [-0.4, -0.2) is 25.0 Å². The normalized spacial score (nSPS) is 30.7. The molecular weight excluding hydrogens is 182 g/mol. The third-order valence-corrected chi connectivity index (χ3v) is 4.20. The fraction of sp³-hybridized carbons (Fsp3) is 0.571. The summed E-state index contributed by atoms with van der Waals surface area (Å²) in [5.74, 6) is 1.77. The number of hydrogen-bond donors (Lipinski definition) is 0. The van der Waals surface area contributed by atoms with E-state index in [0.717, 1.165) is 11.8 Å². The van der Waals surface area contributed by atoms with Crippen molar-refractivity contribution in [1.82, 2.24) is 4.90 Å². The average Bonchev–Trinajstić information content (AvgIpc) is 2.29. The molecule has 3 rings (SSSR count). The molecule has 2 aliphatic rings. The van der Waals surface area contributed by atoms with E-state index in [4.69, 9.17) is 0 Å². The van der Waals surface area contributed by atoms with Crippen LogP contribution in [-0.2, 0) is 6.42 Å². The third kappa shape index (κ3) is 1.59.